The fourth-order valence-electron chi connectivity index (χ4n) is 3.82. The van der Waals surface area contributed by atoms with Crippen LogP contribution in [0.25, 0.3) is 11.2 Å². The Balaban J connectivity index is 0.00000228. The number of halogens is 2. The summed E-state index contributed by atoms with van der Waals surface area (Å²) in [6.07, 6.45) is -0.918. The Morgan fingerprint density at radius 3 is 2.53 bits per heavy atom. The predicted octanol–water partition coefficient (Wildman–Crippen LogP) is -0.253. The number of nitrogens with zero attached hydrogens (tertiary/aromatic N) is 4. The van der Waals surface area contributed by atoms with Crippen molar-refractivity contribution in [3.05, 3.63) is 42.5 Å². The van der Waals surface area contributed by atoms with Crippen LogP contribution in [-0.2, 0) is 25.5 Å². The Labute approximate surface area is 218 Å². The third-order valence-electron chi connectivity index (χ3n) is 5.63. The minimum Gasteiger partial charge on any atom is -0.497 e. The zero-order valence-corrected chi connectivity index (χ0v) is 20.9. The average molecular weight is 544 g/mol. The van der Waals surface area contributed by atoms with Crippen LogP contribution in [0.2, 0.25) is 0 Å². The number of anilines is 1. The summed E-state index contributed by atoms with van der Waals surface area (Å²) in [6, 6.07) is 5.04. The lowest BCUT2D eigenvalue weighted by Gasteiger charge is -2.22. The molecule has 1 fully saturated rings. The molecule has 0 unspecified atom stereocenters. The molecule has 1 aliphatic rings. The van der Waals surface area contributed by atoms with Crippen molar-refractivity contribution in [1.82, 2.24) is 24.8 Å². The van der Waals surface area contributed by atoms with Gasteiger partial charge in [-0.25, -0.2) is 19.7 Å². The van der Waals surface area contributed by atoms with E-state index in [0.717, 1.165) is 5.56 Å². The van der Waals surface area contributed by atoms with Crippen LogP contribution in [0.5, 0.6) is 5.75 Å². The van der Waals surface area contributed by atoms with Crippen molar-refractivity contribution in [2.75, 3.05) is 20.0 Å². The number of aliphatic hydroxyl groups excluding tert-OH is 1. The van der Waals surface area contributed by atoms with Gasteiger partial charge in [0.25, 0.3) is 0 Å². The molecule has 2 aromatic heterocycles. The second-order valence-corrected chi connectivity index (χ2v) is 7.74. The van der Waals surface area contributed by atoms with Crippen molar-refractivity contribution in [2.45, 2.75) is 36.9 Å². The van der Waals surface area contributed by atoms with E-state index >= 15 is 0 Å². The summed E-state index contributed by atoms with van der Waals surface area (Å²) in [5.41, 5.74) is 13.3. The Kier molecular flexibility index (Phi) is 9.78. The number of carbonyl (C=O) groups is 2. The van der Waals surface area contributed by atoms with E-state index in [9.17, 15) is 14.7 Å². The van der Waals surface area contributed by atoms with Gasteiger partial charge in [-0.15, -0.1) is 24.8 Å². The first-order chi connectivity index (χ1) is 16.3. The number of rotatable bonds is 7. The van der Waals surface area contributed by atoms with E-state index in [4.69, 9.17) is 25.7 Å². The topological polar surface area (TPSA) is 190 Å². The summed E-state index contributed by atoms with van der Waals surface area (Å²) in [4.78, 5) is 37.4. The zero-order valence-electron chi connectivity index (χ0n) is 19.3. The van der Waals surface area contributed by atoms with Gasteiger partial charge in [-0.2, -0.15) is 0 Å². The lowest BCUT2D eigenvalue weighted by molar-refractivity contribution is -0.156. The van der Waals surface area contributed by atoms with Crippen molar-refractivity contribution >= 4 is 53.7 Å². The number of aliphatic hydroxyl groups is 1. The third kappa shape index (κ3) is 5.60. The van der Waals surface area contributed by atoms with E-state index < -0.39 is 42.4 Å². The highest BCUT2D eigenvalue weighted by molar-refractivity contribution is 5.86. The number of esters is 1. The summed E-state index contributed by atoms with van der Waals surface area (Å²) in [5, 5.41) is 13.6. The van der Waals surface area contributed by atoms with Gasteiger partial charge in [-0.1, -0.05) is 12.1 Å². The maximum atomic E-state index is 12.8. The molecule has 13 nitrogen and oxygen atoms in total. The molecule has 1 saturated heterocycles. The monoisotopic (exact) mass is 543 g/mol. The Bertz CT molecular complexity index is 1200. The molecular formula is C21H27Cl2N7O6. The molecule has 1 aromatic carbocycles. The number of nitrogen functional groups attached to an aromatic ring is 1. The van der Waals surface area contributed by atoms with Crippen LogP contribution in [0.4, 0.5) is 5.82 Å². The molecule has 3 aromatic rings. The number of carbonyl (C=O) groups excluding carboxylic acids is 2. The van der Waals surface area contributed by atoms with E-state index in [1.807, 2.05) is 0 Å². The number of benzene rings is 1. The maximum absolute atomic E-state index is 12.8. The van der Waals surface area contributed by atoms with Crippen molar-refractivity contribution in [1.29, 1.82) is 0 Å². The highest BCUT2D eigenvalue weighted by Crippen LogP contribution is 2.32. The van der Waals surface area contributed by atoms with Crippen LogP contribution in [0.1, 0.15) is 11.8 Å². The Morgan fingerprint density at radius 1 is 1.19 bits per heavy atom. The number of nitrogens with one attached hydrogen (secondary N) is 1. The minimum atomic E-state index is -1.35. The first-order valence-electron chi connectivity index (χ1n) is 10.4. The zero-order chi connectivity index (χ0) is 24.4. The van der Waals surface area contributed by atoms with Gasteiger partial charge < -0.3 is 36.1 Å². The molecule has 3 heterocycles. The van der Waals surface area contributed by atoms with Crippen LogP contribution < -0.4 is 21.5 Å². The van der Waals surface area contributed by atoms with Gasteiger partial charge in [0, 0.05) is 0 Å². The maximum Gasteiger partial charge on any atom is 0.337 e. The number of fused-ring (bicyclic) bond motifs is 1. The van der Waals surface area contributed by atoms with Crippen molar-refractivity contribution in [2.24, 2.45) is 5.73 Å². The van der Waals surface area contributed by atoms with Crippen molar-refractivity contribution in [3.63, 3.8) is 0 Å². The lowest BCUT2D eigenvalue weighted by atomic mass is 10.0. The van der Waals surface area contributed by atoms with Crippen LogP contribution in [0.15, 0.2) is 36.9 Å². The molecule has 0 bridgehead atoms. The summed E-state index contributed by atoms with van der Waals surface area (Å²) >= 11 is 0. The first kappa shape index (κ1) is 29.0. The van der Waals surface area contributed by atoms with Crippen LogP contribution in [-0.4, -0.2) is 75.0 Å². The molecule has 5 atom stereocenters. The second kappa shape index (κ2) is 12.1. The summed E-state index contributed by atoms with van der Waals surface area (Å²) in [5.74, 6) is -0.511. The molecule has 196 valence electrons. The molecule has 0 radical (unpaired) electrons. The van der Waals surface area contributed by atoms with E-state index in [-0.39, 0.29) is 37.1 Å². The number of hydrogen-bond acceptors (Lipinski definition) is 11. The largest absolute Gasteiger partial charge is 0.497 e. The number of imidazole rings is 1. The standard InChI is InChI=1S/C21H25N7O6.2ClH/c1-32-11-5-3-10(4-6-11)7-12(22)19(30)27-13-15(29)20(34-16(13)21(31)33-2)28-9-26-14-17(23)24-8-25-18(14)28;;/h3-6,8-9,12-13,15-16,20,29H,7,22H2,1-2H3,(H,27,30)(H2,23,24,25);2*1H/t12-,13-,15+,16-,20+;;/m0../s1. The number of hydrogen-bond donors (Lipinski definition) is 4. The highest BCUT2D eigenvalue weighted by Gasteiger charge is 2.50. The molecule has 0 spiro atoms. The number of ether oxygens (including phenoxy) is 3. The molecule has 1 aliphatic heterocycles. The molecule has 0 aliphatic carbocycles. The molecule has 6 N–H and O–H groups in total. The van der Waals surface area contributed by atoms with Gasteiger partial charge in [0.15, 0.2) is 23.8 Å². The number of nitrogens with two attached hydrogens (primary N) is 2. The van der Waals surface area contributed by atoms with Gasteiger partial charge in [0.1, 0.15) is 23.7 Å². The lowest BCUT2D eigenvalue weighted by Crippen LogP contribution is -2.54. The number of amides is 1. The van der Waals surface area contributed by atoms with E-state index in [1.165, 1.54) is 24.3 Å². The van der Waals surface area contributed by atoms with E-state index in [0.29, 0.717) is 16.9 Å². The van der Waals surface area contributed by atoms with Gasteiger partial charge in [-0.3, -0.25) is 9.36 Å². The van der Waals surface area contributed by atoms with Crippen LogP contribution >= 0.6 is 24.8 Å². The summed E-state index contributed by atoms with van der Waals surface area (Å²) in [6.45, 7) is 0. The SMILES string of the molecule is COC(=O)[C@H]1O[C@@H](n2cnc3c(N)ncnc32)[C@H](O)[C@@H]1NC(=O)[C@@H](N)Cc1ccc(OC)cc1.Cl.Cl. The van der Waals surface area contributed by atoms with Crippen LogP contribution in [0.3, 0.4) is 0 Å². The van der Waals surface area contributed by atoms with Crippen LogP contribution in [0, 0.1) is 0 Å². The van der Waals surface area contributed by atoms with Gasteiger partial charge in [0.2, 0.25) is 5.91 Å². The fourth-order valence-corrected chi connectivity index (χ4v) is 3.82. The minimum absolute atomic E-state index is 0. The summed E-state index contributed by atoms with van der Waals surface area (Å²) in [7, 11) is 2.74. The number of methoxy groups -OCH3 is 2. The smallest absolute Gasteiger partial charge is 0.337 e. The predicted molar refractivity (Wildman–Crippen MR) is 133 cm³/mol. The van der Waals surface area contributed by atoms with Gasteiger partial charge in [-0.05, 0) is 24.1 Å². The van der Waals surface area contributed by atoms with E-state index in [1.54, 1.807) is 31.4 Å². The molecule has 36 heavy (non-hydrogen) atoms. The van der Waals surface area contributed by atoms with Crippen molar-refractivity contribution < 1.29 is 28.9 Å². The molecule has 15 heteroatoms. The molecule has 0 saturated carbocycles. The normalized spacial score (nSPS) is 21.7. The molecule has 1 amide bonds. The third-order valence-corrected chi connectivity index (χ3v) is 5.63. The molecule has 4 rings (SSSR count). The number of aromatic nitrogens is 4. The average Bonchev–Trinajstić information content (AvgIpc) is 3.41. The first-order valence-corrected chi connectivity index (χ1v) is 10.4. The van der Waals surface area contributed by atoms with E-state index in [2.05, 4.69) is 20.3 Å². The second-order valence-electron chi connectivity index (χ2n) is 7.74. The van der Waals surface area contributed by atoms with Gasteiger partial charge >= 0.3 is 5.97 Å². The quantitative estimate of drug-likeness (QED) is 0.287. The Morgan fingerprint density at radius 2 is 1.89 bits per heavy atom. The van der Waals surface area contributed by atoms with Gasteiger partial charge in [0.05, 0.1) is 32.6 Å². The Hall–Kier alpha value is -3.23. The fraction of sp³-hybridized carbons (Fsp3) is 0.381. The highest BCUT2D eigenvalue weighted by atomic mass is 35.5. The van der Waals surface area contributed by atoms with Crippen molar-refractivity contribution in [3.8, 4) is 5.75 Å². The molecular weight excluding hydrogens is 517 g/mol. The summed E-state index contributed by atoms with van der Waals surface area (Å²) < 4.78 is 17.1.